The highest BCUT2D eigenvalue weighted by Gasteiger charge is 2.08. The Labute approximate surface area is 108 Å². The summed E-state index contributed by atoms with van der Waals surface area (Å²) >= 11 is 0. The van der Waals surface area contributed by atoms with Gasteiger partial charge in [0.05, 0.1) is 24.0 Å². The molecule has 1 rings (SSSR count). The number of nitrogens with two attached hydrogens (primary N) is 1. The Morgan fingerprint density at radius 3 is 2.78 bits per heavy atom. The first-order valence-electron chi connectivity index (χ1n) is 6.00. The average molecular weight is 251 g/mol. The summed E-state index contributed by atoms with van der Waals surface area (Å²) in [5, 5.41) is 11.9. The number of nitrogens with zero attached hydrogens (tertiary/aromatic N) is 1. The van der Waals surface area contributed by atoms with E-state index < -0.39 is 0 Å². The van der Waals surface area contributed by atoms with Crippen molar-refractivity contribution in [2.24, 2.45) is 0 Å². The van der Waals surface area contributed by atoms with Crippen molar-refractivity contribution in [3.05, 3.63) is 24.3 Å². The van der Waals surface area contributed by atoms with Gasteiger partial charge in [0.15, 0.2) is 0 Å². The van der Waals surface area contributed by atoms with Crippen molar-refractivity contribution in [1.29, 1.82) is 0 Å². The summed E-state index contributed by atoms with van der Waals surface area (Å²) in [6.45, 7) is 2.69. The zero-order valence-corrected chi connectivity index (χ0v) is 10.9. The number of rotatable bonds is 6. The molecule has 1 amide bonds. The number of aliphatic hydroxyl groups excluding tert-OH is 1. The van der Waals surface area contributed by atoms with Gasteiger partial charge in [-0.25, -0.2) is 0 Å². The smallest absolute Gasteiger partial charge is 0.238 e. The average Bonchev–Trinajstić information content (AvgIpc) is 2.29. The second-order valence-corrected chi connectivity index (χ2v) is 4.51. The summed E-state index contributed by atoms with van der Waals surface area (Å²) in [5.41, 5.74) is 6.92. The minimum Gasteiger partial charge on any atom is -0.397 e. The summed E-state index contributed by atoms with van der Waals surface area (Å²) in [5.74, 6) is -0.110. The van der Waals surface area contributed by atoms with Gasteiger partial charge in [-0.3, -0.25) is 9.69 Å². The van der Waals surface area contributed by atoms with Gasteiger partial charge >= 0.3 is 0 Å². The van der Waals surface area contributed by atoms with Crippen molar-refractivity contribution < 1.29 is 9.90 Å². The van der Waals surface area contributed by atoms with Crippen molar-refractivity contribution in [3.63, 3.8) is 0 Å². The third-order valence-electron chi connectivity index (χ3n) is 2.58. The molecule has 4 N–H and O–H groups in total. The van der Waals surface area contributed by atoms with Crippen LogP contribution in [0.3, 0.4) is 0 Å². The van der Waals surface area contributed by atoms with Crippen LogP contribution in [0.2, 0.25) is 0 Å². The van der Waals surface area contributed by atoms with Crippen LogP contribution in [0.25, 0.3) is 0 Å². The van der Waals surface area contributed by atoms with E-state index in [0.717, 1.165) is 0 Å². The maximum Gasteiger partial charge on any atom is 0.238 e. The van der Waals surface area contributed by atoms with Gasteiger partial charge in [0.1, 0.15) is 0 Å². The number of likely N-dealkylation sites (N-methyl/N-ethyl adjacent to an activating group) is 1. The number of nitrogens with one attached hydrogen (secondary N) is 1. The Balaban J connectivity index is 2.40. The monoisotopic (exact) mass is 251 g/mol. The van der Waals surface area contributed by atoms with Gasteiger partial charge in [-0.2, -0.15) is 0 Å². The molecular weight excluding hydrogens is 230 g/mol. The van der Waals surface area contributed by atoms with E-state index in [9.17, 15) is 4.79 Å². The molecule has 5 heteroatoms. The molecule has 1 aromatic rings. The number of aliphatic hydroxyl groups is 1. The third-order valence-corrected chi connectivity index (χ3v) is 2.58. The number of anilines is 2. The predicted molar refractivity (Wildman–Crippen MR) is 73.3 cm³/mol. The first kappa shape index (κ1) is 14.5. The molecule has 0 aliphatic carbocycles. The molecule has 0 bridgehead atoms. The second-order valence-electron chi connectivity index (χ2n) is 4.51. The van der Waals surface area contributed by atoms with Crippen molar-refractivity contribution >= 4 is 17.3 Å². The Hall–Kier alpha value is -1.59. The number of amides is 1. The topological polar surface area (TPSA) is 78.6 Å². The summed E-state index contributed by atoms with van der Waals surface area (Å²) in [6, 6.07) is 7.15. The summed E-state index contributed by atoms with van der Waals surface area (Å²) < 4.78 is 0. The molecule has 0 aliphatic rings. The highest BCUT2D eigenvalue weighted by atomic mass is 16.3. The fraction of sp³-hybridized carbons (Fsp3) is 0.462. The lowest BCUT2D eigenvalue weighted by atomic mass is 10.2. The zero-order chi connectivity index (χ0) is 13.5. The summed E-state index contributed by atoms with van der Waals surface area (Å²) in [4.78, 5) is 13.6. The highest BCUT2D eigenvalue weighted by molar-refractivity contribution is 5.95. The molecule has 0 fully saturated rings. The molecule has 0 aromatic heterocycles. The van der Waals surface area contributed by atoms with E-state index in [-0.39, 0.29) is 18.6 Å². The van der Waals surface area contributed by atoms with Crippen LogP contribution in [-0.4, -0.2) is 42.2 Å². The third kappa shape index (κ3) is 5.16. The van der Waals surface area contributed by atoms with Crippen LogP contribution < -0.4 is 11.1 Å². The van der Waals surface area contributed by atoms with Crippen molar-refractivity contribution in [3.8, 4) is 0 Å². The number of hydrogen-bond donors (Lipinski definition) is 3. The second kappa shape index (κ2) is 6.98. The molecule has 1 aromatic carbocycles. The quantitative estimate of drug-likeness (QED) is 0.657. The molecule has 5 nitrogen and oxygen atoms in total. The van der Waals surface area contributed by atoms with E-state index in [1.54, 1.807) is 19.1 Å². The molecule has 1 atom stereocenters. The van der Waals surface area contributed by atoms with E-state index >= 15 is 0 Å². The fourth-order valence-corrected chi connectivity index (χ4v) is 1.53. The van der Waals surface area contributed by atoms with Gasteiger partial charge in [-0.1, -0.05) is 12.1 Å². The molecule has 18 heavy (non-hydrogen) atoms. The predicted octanol–water partition coefficient (Wildman–Crippen LogP) is 0.910. The SMILES string of the molecule is CC(O)CCN(C)CC(=O)Nc1ccccc1N. The first-order chi connectivity index (χ1) is 8.49. The van der Waals surface area contributed by atoms with Crippen LogP contribution in [0.4, 0.5) is 11.4 Å². The van der Waals surface area contributed by atoms with E-state index in [1.165, 1.54) is 0 Å². The molecular formula is C13H21N3O2. The van der Waals surface area contributed by atoms with Crippen molar-refractivity contribution in [2.75, 3.05) is 31.2 Å². The maximum absolute atomic E-state index is 11.7. The number of nitrogen functional groups attached to an aromatic ring is 1. The molecule has 0 spiro atoms. The Kier molecular flexibility index (Phi) is 5.61. The van der Waals surface area contributed by atoms with Gasteiger partial charge in [-0.15, -0.1) is 0 Å². The minimum atomic E-state index is -0.347. The molecule has 0 aliphatic heterocycles. The van der Waals surface area contributed by atoms with Crippen LogP contribution >= 0.6 is 0 Å². The van der Waals surface area contributed by atoms with Gasteiger partial charge in [-0.05, 0) is 32.5 Å². The van der Waals surface area contributed by atoms with Gasteiger partial charge in [0.25, 0.3) is 0 Å². The molecule has 100 valence electrons. The lowest BCUT2D eigenvalue weighted by molar-refractivity contribution is -0.117. The first-order valence-corrected chi connectivity index (χ1v) is 6.00. The molecule has 0 heterocycles. The van der Waals surface area contributed by atoms with E-state index in [2.05, 4.69) is 5.32 Å². The number of benzene rings is 1. The van der Waals surface area contributed by atoms with Gasteiger partial charge in [0, 0.05) is 6.54 Å². The number of carbonyl (C=O) groups excluding carboxylic acids is 1. The number of hydrogen-bond acceptors (Lipinski definition) is 4. The van der Waals surface area contributed by atoms with Gasteiger partial charge in [0.2, 0.25) is 5.91 Å². The normalized spacial score (nSPS) is 12.4. The maximum atomic E-state index is 11.7. The molecule has 0 saturated carbocycles. The number of carbonyl (C=O) groups is 1. The van der Waals surface area contributed by atoms with E-state index in [0.29, 0.717) is 24.3 Å². The number of para-hydroxylation sites is 2. The van der Waals surface area contributed by atoms with Crippen LogP contribution in [0.5, 0.6) is 0 Å². The van der Waals surface area contributed by atoms with Crippen LogP contribution in [-0.2, 0) is 4.79 Å². The molecule has 0 radical (unpaired) electrons. The van der Waals surface area contributed by atoms with Crippen LogP contribution in [0.15, 0.2) is 24.3 Å². The van der Waals surface area contributed by atoms with E-state index in [4.69, 9.17) is 10.8 Å². The molecule has 1 unspecified atom stereocenters. The van der Waals surface area contributed by atoms with Crippen LogP contribution in [0.1, 0.15) is 13.3 Å². The standard InChI is InChI=1S/C13H21N3O2/c1-10(17)7-8-16(2)9-13(18)15-12-6-4-3-5-11(12)14/h3-6,10,17H,7-9,14H2,1-2H3,(H,15,18). The zero-order valence-electron chi connectivity index (χ0n) is 10.9. The highest BCUT2D eigenvalue weighted by Crippen LogP contribution is 2.16. The lowest BCUT2D eigenvalue weighted by Crippen LogP contribution is -2.32. The minimum absolute atomic E-state index is 0.110. The van der Waals surface area contributed by atoms with Gasteiger partial charge < -0.3 is 16.2 Å². The summed E-state index contributed by atoms with van der Waals surface area (Å²) in [6.07, 6.45) is 0.303. The summed E-state index contributed by atoms with van der Waals surface area (Å²) in [7, 11) is 1.84. The van der Waals surface area contributed by atoms with Crippen molar-refractivity contribution in [1.82, 2.24) is 4.90 Å². The fourth-order valence-electron chi connectivity index (χ4n) is 1.53. The molecule has 0 saturated heterocycles. The van der Waals surface area contributed by atoms with Crippen molar-refractivity contribution in [2.45, 2.75) is 19.4 Å². The largest absolute Gasteiger partial charge is 0.397 e. The Morgan fingerprint density at radius 2 is 2.17 bits per heavy atom. The Morgan fingerprint density at radius 1 is 1.50 bits per heavy atom. The van der Waals surface area contributed by atoms with E-state index in [1.807, 2.05) is 24.1 Å². The lowest BCUT2D eigenvalue weighted by Gasteiger charge is -2.17. The van der Waals surface area contributed by atoms with Crippen LogP contribution in [0, 0.1) is 0 Å². The Bertz CT molecular complexity index is 394.